The molecule has 0 aliphatic carbocycles. The van der Waals surface area contributed by atoms with Crippen molar-refractivity contribution in [2.24, 2.45) is 0 Å². The molecule has 1 saturated heterocycles. The number of hydrogen-bond donors (Lipinski definition) is 3. The summed E-state index contributed by atoms with van der Waals surface area (Å²) in [6, 6.07) is 2.99. The number of nitrogens with zero attached hydrogens (tertiary/aromatic N) is 3. The van der Waals surface area contributed by atoms with Gasteiger partial charge in [-0.3, -0.25) is 19.4 Å². The number of anilines is 1. The predicted octanol–water partition coefficient (Wildman–Crippen LogP) is 0.0601. The van der Waals surface area contributed by atoms with Crippen molar-refractivity contribution in [2.45, 2.75) is 39.2 Å². The van der Waals surface area contributed by atoms with E-state index in [0.29, 0.717) is 24.4 Å². The number of aromatic amines is 1. The van der Waals surface area contributed by atoms with Gasteiger partial charge in [-0.15, -0.1) is 0 Å². The topological polar surface area (TPSA) is 131 Å². The van der Waals surface area contributed by atoms with Crippen molar-refractivity contribution >= 4 is 17.6 Å². The van der Waals surface area contributed by atoms with Gasteiger partial charge in [-0.1, -0.05) is 6.92 Å². The third-order valence-electron chi connectivity index (χ3n) is 4.14. The van der Waals surface area contributed by atoms with Crippen LogP contribution in [-0.4, -0.2) is 50.8 Å². The van der Waals surface area contributed by atoms with Crippen LogP contribution in [0.15, 0.2) is 16.9 Å². The molecule has 2 aromatic rings. The summed E-state index contributed by atoms with van der Waals surface area (Å²) in [5, 5.41) is 9.30. The molecule has 2 aromatic heterocycles. The molecule has 1 atom stereocenters. The molecule has 1 unspecified atom stereocenters. The van der Waals surface area contributed by atoms with Crippen molar-refractivity contribution in [3.8, 4) is 5.95 Å². The quantitative estimate of drug-likeness (QED) is 0.634. The van der Waals surface area contributed by atoms with E-state index in [1.165, 1.54) is 10.7 Å². The average molecular weight is 374 g/mol. The van der Waals surface area contributed by atoms with E-state index in [1.807, 2.05) is 6.92 Å². The highest BCUT2D eigenvalue weighted by Gasteiger charge is 2.21. The molecule has 3 N–H and O–H groups in total. The average Bonchev–Trinajstić information content (AvgIpc) is 3.28. The van der Waals surface area contributed by atoms with Crippen molar-refractivity contribution in [1.29, 1.82) is 0 Å². The largest absolute Gasteiger partial charge is 0.376 e. The zero-order valence-corrected chi connectivity index (χ0v) is 15.2. The molecular weight excluding hydrogens is 352 g/mol. The highest BCUT2D eigenvalue weighted by atomic mass is 16.5. The van der Waals surface area contributed by atoms with Gasteiger partial charge in [-0.2, -0.15) is 9.78 Å². The molecule has 10 heteroatoms. The van der Waals surface area contributed by atoms with Crippen LogP contribution in [0.3, 0.4) is 0 Å². The highest BCUT2D eigenvalue weighted by Crippen LogP contribution is 2.14. The first-order valence-electron chi connectivity index (χ1n) is 8.84. The highest BCUT2D eigenvalue weighted by molar-refractivity contribution is 6.39. The number of ether oxygens (including phenoxy) is 1. The van der Waals surface area contributed by atoms with Crippen LogP contribution in [0.4, 0.5) is 5.82 Å². The number of aromatic nitrogens is 4. The standard InChI is InChI=1S/C17H22N6O4/c1-3-11-8-14(24)21-17(19-11)23-13(7-10(2)22-23)20-16(26)15(25)18-9-12-5-4-6-27-12/h7-8,12H,3-6,9H2,1-2H3,(H,18,25)(H,20,26)(H,19,21,24). The third-order valence-corrected chi connectivity index (χ3v) is 4.14. The van der Waals surface area contributed by atoms with Gasteiger partial charge in [0.1, 0.15) is 5.82 Å². The molecule has 0 spiro atoms. The van der Waals surface area contributed by atoms with Crippen LogP contribution in [0.2, 0.25) is 0 Å². The number of hydrogen-bond acceptors (Lipinski definition) is 6. The SMILES string of the molecule is CCc1cc(=O)[nH]c(-n2nc(C)cc2NC(=O)C(=O)NCC2CCCO2)n1. The van der Waals surface area contributed by atoms with Gasteiger partial charge in [0, 0.05) is 31.0 Å². The van der Waals surface area contributed by atoms with Crippen molar-refractivity contribution in [2.75, 3.05) is 18.5 Å². The maximum atomic E-state index is 12.2. The Labute approximate surface area is 155 Å². The fraction of sp³-hybridized carbons (Fsp3) is 0.471. The van der Waals surface area contributed by atoms with E-state index in [9.17, 15) is 14.4 Å². The van der Waals surface area contributed by atoms with Gasteiger partial charge in [0.25, 0.3) is 5.56 Å². The zero-order chi connectivity index (χ0) is 19.4. The normalized spacial score (nSPS) is 16.3. The monoisotopic (exact) mass is 374 g/mol. The molecule has 0 bridgehead atoms. The fourth-order valence-electron chi connectivity index (χ4n) is 2.79. The van der Waals surface area contributed by atoms with Crippen molar-refractivity contribution in [3.05, 3.63) is 33.9 Å². The Bertz CT molecular complexity index is 897. The molecule has 27 heavy (non-hydrogen) atoms. The van der Waals surface area contributed by atoms with Gasteiger partial charge in [0.2, 0.25) is 5.95 Å². The summed E-state index contributed by atoms with van der Waals surface area (Å²) in [7, 11) is 0. The smallest absolute Gasteiger partial charge is 0.314 e. The molecule has 1 aliphatic rings. The number of nitrogens with one attached hydrogen (secondary N) is 3. The van der Waals surface area contributed by atoms with Crippen molar-refractivity contribution in [3.63, 3.8) is 0 Å². The van der Waals surface area contributed by atoms with Gasteiger partial charge in [0.15, 0.2) is 0 Å². The van der Waals surface area contributed by atoms with E-state index in [2.05, 4.69) is 25.7 Å². The Morgan fingerprint density at radius 1 is 1.37 bits per heavy atom. The van der Waals surface area contributed by atoms with Gasteiger partial charge in [0.05, 0.1) is 11.8 Å². The zero-order valence-electron chi connectivity index (χ0n) is 15.2. The lowest BCUT2D eigenvalue weighted by molar-refractivity contribution is -0.136. The Kier molecular flexibility index (Phi) is 5.65. The second-order valence-electron chi connectivity index (χ2n) is 6.30. The number of amides is 2. The minimum atomic E-state index is -0.830. The second kappa shape index (κ2) is 8.12. The minimum absolute atomic E-state index is 0.0550. The van der Waals surface area contributed by atoms with Gasteiger partial charge in [-0.25, -0.2) is 4.98 Å². The number of H-pyrrole nitrogens is 1. The van der Waals surface area contributed by atoms with E-state index < -0.39 is 11.8 Å². The van der Waals surface area contributed by atoms with Crippen LogP contribution in [0, 0.1) is 6.92 Å². The molecule has 144 valence electrons. The first-order valence-corrected chi connectivity index (χ1v) is 8.84. The Hall–Kier alpha value is -3.01. The number of carbonyl (C=O) groups is 2. The number of aryl methyl sites for hydroxylation is 2. The molecule has 0 radical (unpaired) electrons. The van der Waals surface area contributed by atoms with Crippen molar-refractivity contribution in [1.82, 2.24) is 25.1 Å². The lowest BCUT2D eigenvalue weighted by Gasteiger charge is -2.11. The van der Waals surface area contributed by atoms with E-state index in [0.717, 1.165) is 12.8 Å². The van der Waals surface area contributed by atoms with Gasteiger partial charge >= 0.3 is 11.8 Å². The first-order chi connectivity index (χ1) is 13.0. The van der Waals surface area contributed by atoms with Crippen molar-refractivity contribution < 1.29 is 14.3 Å². The van der Waals surface area contributed by atoms with Crippen LogP contribution in [0.5, 0.6) is 0 Å². The van der Waals surface area contributed by atoms with Crippen LogP contribution in [0.25, 0.3) is 5.95 Å². The van der Waals surface area contributed by atoms with Crippen LogP contribution < -0.4 is 16.2 Å². The summed E-state index contributed by atoms with van der Waals surface area (Å²) < 4.78 is 6.70. The van der Waals surface area contributed by atoms with E-state index in [-0.39, 0.29) is 30.0 Å². The molecule has 2 amide bonds. The minimum Gasteiger partial charge on any atom is -0.376 e. The molecule has 3 heterocycles. The molecule has 3 rings (SSSR count). The van der Waals surface area contributed by atoms with E-state index in [1.54, 1.807) is 13.0 Å². The van der Waals surface area contributed by atoms with Crippen LogP contribution in [-0.2, 0) is 20.7 Å². The Morgan fingerprint density at radius 3 is 2.89 bits per heavy atom. The summed E-state index contributed by atoms with van der Waals surface area (Å²) in [5.74, 6) is -1.19. The number of carbonyl (C=O) groups excluding carboxylic acids is 2. The summed E-state index contributed by atoms with van der Waals surface area (Å²) in [5.41, 5.74) is 0.861. The number of rotatable bonds is 5. The maximum absolute atomic E-state index is 12.2. The summed E-state index contributed by atoms with van der Waals surface area (Å²) in [6.07, 6.45) is 2.33. The first kappa shape index (κ1) is 18.8. The maximum Gasteiger partial charge on any atom is 0.314 e. The molecule has 0 aromatic carbocycles. The lowest BCUT2D eigenvalue weighted by Crippen LogP contribution is -2.39. The lowest BCUT2D eigenvalue weighted by atomic mass is 10.2. The van der Waals surface area contributed by atoms with E-state index >= 15 is 0 Å². The summed E-state index contributed by atoms with van der Waals surface area (Å²) in [6.45, 7) is 4.57. The van der Waals surface area contributed by atoms with Gasteiger partial charge < -0.3 is 15.4 Å². The second-order valence-corrected chi connectivity index (χ2v) is 6.30. The molecular formula is C17H22N6O4. The third kappa shape index (κ3) is 4.59. The fourth-order valence-corrected chi connectivity index (χ4v) is 2.79. The van der Waals surface area contributed by atoms with E-state index in [4.69, 9.17) is 4.74 Å². The van der Waals surface area contributed by atoms with Gasteiger partial charge in [-0.05, 0) is 26.2 Å². The summed E-state index contributed by atoms with van der Waals surface area (Å²) >= 11 is 0. The van der Waals surface area contributed by atoms with Crippen LogP contribution >= 0.6 is 0 Å². The Morgan fingerprint density at radius 2 is 2.19 bits per heavy atom. The molecule has 1 fully saturated rings. The molecule has 1 aliphatic heterocycles. The summed E-state index contributed by atoms with van der Waals surface area (Å²) in [4.78, 5) is 42.9. The van der Waals surface area contributed by atoms with Crippen LogP contribution in [0.1, 0.15) is 31.2 Å². The predicted molar refractivity (Wildman–Crippen MR) is 96.7 cm³/mol. The Balaban J connectivity index is 1.73. The molecule has 0 saturated carbocycles. The molecule has 10 nitrogen and oxygen atoms in total.